The molecule has 122 valence electrons. The van der Waals surface area contributed by atoms with Crippen molar-refractivity contribution in [1.29, 1.82) is 0 Å². The zero-order chi connectivity index (χ0) is 17.5. The van der Waals surface area contributed by atoms with Gasteiger partial charge in [-0.3, -0.25) is 4.79 Å². The fourth-order valence-electron chi connectivity index (χ4n) is 1.54. The highest BCUT2D eigenvalue weighted by atomic mass is 16.3. The summed E-state index contributed by atoms with van der Waals surface area (Å²) < 4.78 is 0. The molecule has 0 saturated carbocycles. The molecule has 0 heterocycles. The summed E-state index contributed by atoms with van der Waals surface area (Å²) >= 11 is 0. The molecule has 0 aliphatic rings. The summed E-state index contributed by atoms with van der Waals surface area (Å²) in [7, 11) is 0. The molecular formula is C19H18N2O3. The molecule has 5 heteroatoms. The van der Waals surface area contributed by atoms with Gasteiger partial charge in [-0.1, -0.05) is 66.7 Å². The van der Waals surface area contributed by atoms with Crippen molar-refractivity contribution in [2.45, 2.75) is 0 Å². The van der Waals surface area contributed by atoms with Crippen molar-refractivity contribution in [3.63, 3.8) is 0 Å². The first-order valence-corrected chi connectivity index (χ1v) is 7.10. The number of azo groups is 1. The minimum atomic E-state index is -0.250. The molecule has 0 radical (unpaired) electrons. The van der Waals surface area contributed by atoms with Gasteiger partial charge in [-0.15, -0.1) is 5.11 Å². The third kappa shape index (κ3) is 8.09. The van der Waals surface area contributed by atoms with Gasteiger partial charge < -0.3 is 10.2 Å². The molecule has 5 nitrogen and oxygen atoms in total. The van der Waals surface area contributed by atoms with Crippen LogP contribution in [0.4, 0.5) is 11.4 Å². The number of hydrogen-bond donors (Lipinski definition) is 2. The Balaban J connectivity index is 0.000000265. The monoisotopic (exact) mass is 322 g/mol. The Morgan fingerprint density at radius 3 is 1.58 bits per heavy atom. The predicted molar refractivity (Wildman–Crippen MR) is 93.9 cm³/mol. The van der Waals surface area contributed by atoms with Crippen LogP contribution >= 0.6 is 0 Å². The summed E-state index contributed by atoms with van der Waals surface area (Å²) in [4.78, 5) is 8.36. The van der Waals surface area contributed by atoms with E-state index in [4.69, 9.17) is 9.90 Å². The lowest BCUT2D eigenvalue weighted by atomic mass is 10.3. The zero-order valence-electron chi connectivity index (χ0n) is 12.9. The van der Waals surface area contributed by atoms with Crippen molar-refractivity contribution in [1.82, 2.24) is 0 Å². The lowest BCUT2D eigenvalue weighted by molar-refractivity contribution is -0.122. The molecule has 0 aliphatic heterocycles. The first kappa shape index (κ1) is 18.6. The molecule has 0 amide bonds. The van der Waals surface area contributed by atoms with E-state index in [0.29, 0.717) is 5.69 Å². The van der Waals surface area contributed by atoms with Gasteiger partial charge in [0.1, 0.15) is 11.4 Å². The van der Waals surface area contributed by atoms with Gasteiger partial charge in [0.05, 0.1) is 5.69 Å². The number of aromatic hydroxyl groups is 1. The predicted octanol–water partition coefficient (Wildman–Crippen LogP) is 5.20. The van der Waals surface area contributed by atoms with E-state index >= 15 is 0 Å². The van der Waals surface area contributed by atoms with Crippen LogP contribution in [0.15, 0.2) is 101 Å². The fraction of sp³-hybridized carbons (Fsp3) is 0. The molecule has 0 aliphatic carbocycles. The van der Waals surface area contributed by atoms with E-state index in [1.807, 2.05) is 66.7 Å². The molecule has 24 heavy (non-hydrogen) atoms. The Morgan fingerprint density at radius 1 is 0.667 bits per heavy atom. The van der Waals surface area contributed by atoms with Crippen molar-refractivity contribution < 1.29 is 15.0 Å². The summed E-state index contributed by atoms with van der Waals surface area (Å²) in [5.41, 5.74) is 1.24. The number of para-hydroxylation sites is 1. The van der Waals surface area contributed by atoms with Gasteiger partial charge >= 0.3 is 0 Å². The number of hydrogen-bond acceptors (Lipinski definition) is 4. The summed E-state index contributed by atoms with van der Waals surface area (Å²) in [6, 6.07) is 28.2. The smallest absolute Gasteiger partial charge is 0.290 e. The van der Waals surface area contributed by atoms with Crippen molar-refractivity contribution in [3.05, 3.63) is 91.0 Å². The van der Waals surface area contributed by atoms with E-state index in [1.54, 1.807) is 24.3 Å². The molecular weight excluding hydrogens is 304 g/mol. The highest BCUT2D eigenvalue weighted by Crippen LogP contribution is 2.26. The Morgan fingerprint density at radius 2 is 1.08 bits per heavy atom. The van der Waals surface area contributed by atoms with E-state index < -0.39 is 0 Å². The number of carboxylic acid groups (broad SMARTS) is 1. The van der Waals surface area contributed by atoms with Crippen LogP contribution in [0.2, 0.25) is 0 Å². The van der Waals surface area contributed by atoms with Crippen LogP contribution in [0.25, 0.3) is 0 Å². The largest absolute Gasteiger partial charge is 0.506 e. The van der Waals surface area contributed by atoms with Gasteiger partial charge in [-0.25, -0.2) is 0 Å². The van der Waals surface area contributed by atoms with Crippen molar-refractivity contribution >= 4 is 17.8 Å². The molecule has 2 N–H and O–H groups in total. The second-order valence-electron chi connectivity index (χ2n) is 4.28. The summed E-state index contributed by atoms with van der Waals surface area (Å²) in [6.45, 7) is -0.250. The van der Waals surface area contributed by atoms with Gasteiger partial charge in [0.2, 0.25) is 0 Å². The average molecular weight is 322 g/mol. The average Bonchev–Trinajstić information content (AvgIpc) is 2.65. The maximum atomic E-state index is 9.43. The highest BCUT2D eigenvalue weighted by molar-refractivity contribution is 5.50. The Bertz CT molecular complexity index is 690. The van der Waals surface area contributed by atoms with Crippen LogP contribution < -0.4 is 0 Å². The number of benzene rings is 3. The molecule has 0 fully saturated rings. The standard InChI is InChI=1S/C12H10N2O.C6H6.CH2O2/c15-12-9-5-4-8-11(12)14-13-10-6-2-1-3-7-10;1-2-4-6-5-3-1;2-1-3/h1-9,15H;1-6H;1H,(H,2,3). The van der Waals surface area contributed by atoms with Crippen LogP contribution in [-0.2, 0) is 4.79 Å². The van der Waals surface area contributed by atoms with Crippen LogP contribution in [-0.4, -0.2) is 16.7 Å². The third-order valence-electron chi connectivity index (χ3n) is 2.58. The van der Waals surface area contributed by atoms with Crippen molar-refractivity contribution in [2.75, 3.05) is 0 Å². The molecule has 3 rings (SSSR count). The van der Waals surface area contributed by atoms with Crippen molar-refractivity contribution in [2.24, 2.45) is 10.2 Å². The molecule has 0 saturated heterocycles. The molecule has 3 aromatic carbocycles. The quantitative estimate of drug-likeness (QED) is 0.503. The summed E-state index contributed by atoms with van der Waals surface area (Å²) in [5, 5.41) is 24.3. The topological polar surface area (TPSA) is 82.2 Å². The molecule has 3 aromatic rings. The second kappa shape index (κ2) is 12.1. The Kier molecular flexibility index (Phi) is 9.38. The second-order valence-corrected chi connectivity index (χ2v) is 4.28. The summed E-state index contributed by atoms with van der Waals surface area (Å²) in [6.07, 6.45) is 0. The summed E-state index contributed by atoms with van der Waals surface area (Å²) in [5.74, 6) is 0.136. The van der Waals surface area contributed by atoms with E-state index in [2.05, 4.69) is 10.2 Å². The molecule has 0 bridgehead atoms. The number of rotatable bonds is 2. The molecule has 0 aromatic heterocycles. The Labute approximate surface area is 140 Å². The third-order valence-corrected chi connectivity index (χ3v) is 2.58. The van der Waals surface area contributed by atoms with Gasteiger partial charge in [0, 0.05) is 0 Å². The minimum Gasteiger partial charge on any atom is -0.506 e. The number of phenolic OH excluding ortho intramolecular Hbond substituents is 1. The SMILES string of the molecule is O=CO.Oc1ccccc1N=Nc1ccccc1.c1ccccc1. The first-order valence-electron chi connectivity index (χ1n) is 7.10. The van der Waals surface area contributed by atoms with Crippen LogP contribution in [0.3, 0.4) is 0 Å². The van der Waals surface area contributed by atoms with Crippen LogP contribution in [0.5, 0.6) is 5.75 Å². The van der Waals surface area contributed by atoms with E-state index in [1.165, 1.54) is 0 Å². The van der Waals surface area contributed by atoms with Gasteiger partial charge in [0.25, 0.3) is 6.47 Å². The van der Waals surface area contributed by atoms with Gasteiger partial charge in [0.15, 0.2) is 0 Å². The first-order chi connectivity index (χ1) is 11.8. The number of phenols is 1. The number of nitrogens with zero attached hydrogens (tertiary/aromatic N) is 2. The fourth-order valence-corrected chi connectivity index (χ4v) is 1.54. The maximum absolute atomic E-state index is 9.43. The van der Waals surface area contributed by atoms with Gasteiger partial charge in [-0.2, -0.15) is 5.11 Å². The van der Waals surface area contributed by atoms with Crippen LogP contribution in [0.1, 0.15) is 0 Å². The minimum absolute atomic E-state index is 0.136. The molecule has 0 spiro atoms. The van der Waals surface area contributed by atoms with Gasteiger partial charge in [-0.05, 0) is 24.3 Å². The normalized spacial score (nSPS) is 9.17. The molecule has 0 atom stereocenters. The lowest BCUT2D eigenvalue weighted by Crippen LogP contribution is -1.66. The zero-order valence-corrected chi connectivity index (χ0v) is 12.9. The van der Waals surface area contributed by atoms with Crippen LogP contribution in [0, 0.1) is 0 Å². The van der Waals surface area contributed by atoms with E-state index in [0.717, 1.165) is 5.69 Å². The molecule has 0 unspecified atom stereocenters. The highest BCUT2D eigenvalue weighted by Gasteiger charge is 1.95. The van der Waals surface area contributed by atoms with E-state index in [-0.39, 0.29) is 12.2 Å². The maximum Gasteiger partial charge on any atom is 0.290 e. The number of carbonyl (C=O) groups is 1. The Hall–Kier alpha value is -3.47. The van der Waals surface area contributed by atoms with E-state index in [9.17, 15) is 5.11 Å². The lowest BCUT2D eigenvalue weighted by Gasteiger charge is -1.95. The van der Waals surface area contributed by atoms with Crippen molar-refractivity contribution in [3.8, 4) is 5.75 Å².